The summed E-state index contributed by atoms with van der Waals surface area (Å²) in [5.41, 5.74) is 1.99. The summed E-state index contributed by atoms with van der Waals surface area (Å²) in [6.07, 6.45) is 0.947. The molecule has 1 atom stereocenters. The Bertz CT molecular complexity index is 2340. The van der Waals surface area contributed by atoms with Crippen molar-refractivity contribution in [3.8, 4) is 23.0 Å². The van der Waals surface area contributed by atoms with Crippen LogP contribution in [-0.2, 0) is 22.4 Å². The van der Waals surface area contributed by atoms with E-state index in [4.69, 9.17) is 9.47 Å². The molecule has 0 saturated carbocycles. The second-order valence-electron chi connectivity index (χ2n) is 13.2. The number of ketones is 2. The second kappa shape index (κ2) is 18.9. The summed E-state index contributed by atoms with van der Waals surface area (Å²) in [6.45, 7) is 1.81. The number of carboxylic acids is 1. The van der Waals surface area contributed by atoms with Crippen LogP contribution in [0.25, 0.3) is 0 Å². The molecule has 0 aliphatic carbocycles. The highest BCUT2D eigenvalue weighted by Gasteiger charge is 2.25. The number of amides is 3. The maximum absolute atomic E-state index is 13.2. The molecule has 298 valence electrons. The average molecular weight is 788 g/mol. The highest BCUT2D eigenvalue weighted by Crippen LogP contribution is 2.40. The lowest BCUT2D eigenvalue weighted by Gasteiger charge is -2.16. The number of rotatable bonds is 17. The minimum absolute atomic E-state index is 0.0259. The van der Waals surface area contributed by atoms with Gasteiger partial charge in [-0.3, -0.25) is 24.0 Å². The zero-order chi connectivity index (χ0) is 41.9. The Labute approximate surface area is 333 Å². The SMILES string of the molecule is CCC(CC(=O)c1ccc(CC(=O)Cc2ccccc2)cc1)C(=O)Nc1ccc(C(=O)Nc2ccc(C(=O)Nc3ccc(C(=O)O)c(O)c3OC)c(O)c2OC)cc1. The number of ether oxygens (including phenoxy) is 2. The number of carbonyl (C=O) groups excluding carboxylic acids is 5. The Hall–Kier alpha value is -7.48. The monoisotopic (exact) mass is 787 g/mol. The number of aromatic carboxylic acids is 1. The summed E-state index contributed by atoms with van der Waals surface area (Å²) in [5, 5.41) is 38.3. The van der Waals surface area contributed by atoms with Gasteiger partial charge in [-0.25, -0.2) is 4.79 Å². The van der Waals surface area contributed by atoms with Crippen molar-refractivity contribution in [2.45, 2.75) is 32.6 Å². The van der Waals surface area contributed by atoms with E-state index in [2.05, 4.69) is 16.0 Å². The number of hydrogen-bond acceptors (Lipinski definition) is 10. The fourth-order valence-corrected chi connectivity index (χ4v) is 6.13. The molecule has 0 saturated heterocycles. The van der Waals surface area contributed by atoms with E-state index in [0.717, 1.165) is 17.2 Å². The van der Waals surface area contributed by atoms with Gasteiger partial charge < -0.3 is 40.7 Å². The van der Waals surface area contributed by atoms with Gasteiger partial charge in [0, 0.05) is 42.0 Å². The van der Waals surface area contributed by atoms with Crippen LogP contribution in [0.1, 0.15) is 72.3 Å². The average Bonchev–Trinajstić information content (AvgIpc) is 3.20. The molecule has 0 spiro atoms. The van der Waals surface area contributed by atoms with Crippen LogP contribution in [-0.4, -0.2) is 64.8 Å². The fraction of sp³-hybridized carbons (Fsp3) is 0.182. The van der Waals surface area contributed by atoms with Crippen LogP contribution in [0.4, 0.5) is 17.1 Å². The number of carbonyl (C=O) groups is 6. The third-order valence-corrected chi connectivity index (χ3v) is 9.27. The molecular weight excluding hydrogens is 746 g/mol. The van der Waals surface area contributed by atoms with Gasteiger partial charge in [0.25, 0.3) is 11.8 Å². The molecule has 58 heavy (non-hydrogen) atoms. The predicted octanol–water partition coefficient (Wildman–Crippen LogP) is 6.91. The van der Waals surface area contributed by atoms with Crippen LogP contribution in [0.15, 0.2) is 103 Å². The summed E-state index contributed by atoms with van der Waals surface area (Å²) in [5.74, 6) is -5.87. The molecule has 0 fully saturated rings. The first-order valence-electron chi connectivity index (χ1n) is 18.1. The van der Waals surface area contributed by atoms with Crippen LogP contribution in [0.5, 0.6) is 23.0 Å². The summed E-state index contributed by atoms with van der Waals surface area (Å²) >= 11 is 0. The van der Waals surface area contributed by atoms with Crippen molar-refractivity contribution in [2.24, 2.45) is 5.92 Å². The number of carboxylic acid groups (broad SMARTS) is 1. The molecule has 0 radical (unpaired) electrons. The largest absolute Gasteiger partial charge is 0.504 e. The molecule has 0 aliphatic rings. The van der Waals surface area contributed by atoms with Crippen molar-refractivity contribution < 1.29 is 53.6 Å². The van der Waals surface area contributed by atoms with Crippen molar-refractivity contribution in [1.82, 2.24) is 0 Å². The van der Waals surface area contributed by atoms with Gasteiger partial charge in [0.2, 0.25) is 5.91 Å². The van der Waals surface area contributed by atoms with Crippen molar-refractivity contribution in [2.75, 3.05) is 30.2 Å². The van der Waals surface area contributed by atoms with Crippen LogP contribution in [0, 0.1) is 5.92 Å². The number of benzene rings is 5. The summed E-state index contributed by atoms with van der Waals surface area (Å²) in [7, 11) is 2.40. The number of Topliss-reactive ketones (excluding diaryl/α,β-unsaturated/α-hetero) is 2. The Kier molecular flexibility index (Phi) is 13.6. The van der Waals surface area contributed by atoms with Crippen molar-refractivity contribution in [3.05, 3.63) is 137 Å². The molecular formula is C44H41N3O11. The summed E-state index contributed by atoms with van der Waals surface area (Å²) < 4.78 is 10.4. The molecule has 5 aromatic rings. The number of phenols is 2. The topological polar surface area (TPSA) is 218 Å². The molecule has 6 N–H and O–H groups in total. The molecule has 0 heterocycles. The van der Waals surface area contributed by atoms with Gasteiger partial charge in [-0.1, -0.05) is 61.5 Å². The van der Waals surface area contributed by atoms with E-state index in [-0.39, 0.29) is 64.3 Å². The van der Waals surface area contributed by atoms with Gasteiger partial charge in [-0.05, 0) is 66.1 Å². The van der Waals surface area contributed by atoms with Crippen molar-refractivity contribution in [1.29, 1.82) is 0 Å². The van der Waals surface area contributed by atoms with E-state index < -0.39 is 40.8 Å². The lowest BCUT2D eigenvalue weighted by molar-refractivity contribution is -0.120. The molecule has 1 unspecified atom stereocenters. The normalized spacial score (nSPS) is 11.2. The number of anilines is 3. The van der Waals surface area contributed by atoms with Crippen molar-refractivity contribution >= 4 is 52.3 Å². The molecule has 0 bridgehead atoms. The minimum atomic E-state index is -1.41. The van der Waals surface area contributed by atoms with E-state index >= 15 is 0 Å². The highest BCUT2D eigenvalue weighted by atomic mass is 16.5. The third kappa shape index (κ3) is 10.0. The Morgan fingerprint density at radius 3 is 1.67 bits per heavy atom. The third-order valence-electron chi connectivity index (χ3n) is 9.27. The lowest BCUT2D eigenvalue weighted by atomic mass is 9.94. The number of phenolic OH excluding ortho intramolecular Hbond substituents is 1. The van der Waals surface area contributed by atoms with E-state index in [0.29, 0.717) is 24.1 Å². The van der Waals surface area contributed by atoms with Crippen LogP contribution >= 0.6 is 0 Å². The minimum Gasteiger partial charge on any atom is -0.504 e. The zero-order valence-corrected chi connectivity index (χ0v) is 31.8. The van der Waals surface area contributed by atoms with Gasteiger partial charge in [0.1, 0.15) is 11.3 Å². The maximum atomic E-state index is 13.2. The number of nitrogens with one attached hydrogen (secondary N) is 3. The van der Waals surface area contributed by atoms with E-state index in [9.17, 15) is 44.1 Å². The van der Waals surface area contributed by atoms with Gasteiger partial charge in [-0.2, -0.15) is 0 Å². The fourth-order valence-electron chi connectivity index (χ4n) is 6.13. The van der Waals surface area contributed by atoms with Crippen LogP contribution < -0.4 is 25.4 Å². The van der Waals surface area contributed by atoms with Crippen LogP contribution in [0.2, 0.25) is 0 Å². The Morgan fingerprint density at radius 1 is 0.603 bits per heavy atom. The Balaban J connectivity index is 1.17. The Morgan fingerprint density at radius 2 is 1.12 bits per heavy atom. The number of hydrogen-bond donors (Lipinski definition) is 6. The molecule has 14 nitrogen and oxygen atoms in total. The lowest BCUT2D eigenvalue weighted by Crippen LogP contribution is -2.25. The summed E-state index contributed by atoms with van der Waals surface area (Å²) in [4.78, 5) is 76.4. The first kappa shape index (κ1) is 41.7. The zero-order valence-electron chi connectivity index (χ0n) is 31.8. The first-order valence-corrected chi connectivity index (χ1v) is 18.1. The standard InChI is InChI=1S/C44H41N3O11/c1-4-27(24-36(49)28-12-10-26(11-13-28)23-31(48)22-25-8-6-5-7-9-25)41(52)45-30-16-14-29(15-17-30)42(53)46-34-20-18-32(37(50)39(34)57-2)43(54)47-35-21-19-33(44(55)56)38(51)40(35)58-3/h5-21,27,50-51H,4,22-24H2,1-3H3,(H,45,52)(H,46,53)(H,47,54)(H,55,56). The second-order valence-corrected chi connectivity index (χ2v) is 13.2. The van der Waals surface area contributed by atoms with Gasteiger partial charge in [0.15, 0.2) is 28.8 Å². The molecule has 0 aliphatic heterocycles. The molecule has 5 aromatic carbocycles. The maximum Gasteiger partial charge on any atom is 0.339 e. The number of methoxy groups -OCH3 is 2. The van der Waals surface area contributed by atoms with E-state index in [1.807, 2.05) is 37.3 Å². The van der Waals surface area contributed by atoms with Crippen molar-refractivity contribution in [3.63, 3.8) is 0 Å². The molecule has 3 amide bonds. The van der Waals surface area contributed by atoms with E-state index in [1.165, 1.54) is 56.7 Å². The van der Waals surface area contributed by atoms with Crippen LogP contribution in [0.3, 0.4) is 0 Å². The molecule has 14 heteroatoms. The highest BCUT2D eigenvalue weighted by molar-refractivity contribution is 6.10. The first-order chi connectivity index (χ1) is 27.8. The predicted molar refractivity (Wildman–Crippen MR) is 215 cm³/mol. The molecule has 5 rings (SSSR count). The van der Waals surface area contributed by atoms with Gasteiger partial charge >= 0.3 is 5.97 Å². The van der Waals surface area contributed by atoms with E-state index in [1.54, 1.807) is 24.3 Å². The quantitative estimate of drug-likeness (QED) is 0.0532. The van der Waals surface area contributed by atoms with Gasteiger partial charge in [0.05, 0.1) is 31.2 Å². The number of aromatic hydroxyl groups is 2. The summed E-state index contributed by atoms with van der Waals surface area (Å²) in [6, 6.07) is 27.1. The smallest absolute Gasteiger partial charge is 0.339 e. The molecule has 0 aromatic heterocycles. The van der Waals surface area contributed by atoms with Gasteiger partial charge in [-0.15, -0.1) is 0 Å².